The third-order valence-corrected chi connectivity index (χ3v) is 5.13. The Balaban J connectivity index is 1.36. The zero-order chi connectivity index (χ0) is 16.5. The summed E-state index contributed by atoms with van der Waals surface area (Å²) in [6.45, 7) is 2.75. The van der Waals surface area contributed by atoms with Gasteiger partial charge in [-0.15, -0.1) is 0 Å². The first-order chi connectivity index (χ1) is 11.7. The van der Waals surface area contributed by atoms with Crippen molar-refractivity contribution >= 4 is 11.8 Å². The van der Waals surface area contributed by atoms with Gasteiger partial charge in [0.1, 0.15) is 6.07 Å². The standard InChI is InChI=1S/C18H22N4O2/c19-12-15-18(24-17(20-15)14-5-6-14)22-9-7-21(8-10-22)16(23)11-13-3-1-2-4-13/h1,3,13-14H,2,4-11H2/t13-/m1/s1. The van der Waals surface area contributed by atoms with E-state index in [4.69, 9.17) is 4.42 Å². The van der Waals surface area contributed by atoms with Gasteiger partial charge in [-0.05, 0) is 31.6 Å². The average molecular weight is 326 g/mol. The first-order valence-corrected chi connectivity index (χ1v) is 8.85. The number of hydrogen-bond donors (Lipinski definition) is 0. The summed E-state index contributed by atoms with van der Waals surface area (Å²) < 4.78 is 5.85. The van der Waals surface area contributed by atoms with E-state index in [1.165, 1.54) is 0 Å². The van der Waals surface area contributed by atoms with Gasteiger partial charge in [0.25, 0.3) is 0 Å². The molecule has 1 aromatic rings. The van der Waals surface area contributed by atoms with Crippen LogP contribution in [-0.2, 0) is 4.79 Å². The second-order valence-corrected chi connectivity index (χ2v) is 6.93. The maximum Gasteiger partial charge on any atom is 0.234 e. The first kappa shape index (κ1) is 15.3. The fraction of sp³-hybridized carbons (Fsp3) is 0.611. The lowest BCUT2D eigenvalue weighted by atomic mass is 10.0. The largest absolute Gasteiger partial charge is 0.423 e. The molecule has 6 nitrogen and oxygen atoms in total. The summed E-state index contributed by atoms with van der Waals surface area (Å²) in [7, 11) is 0. The van der Waals surface area contributed by atoms with Gasteiger partial charge in [-0.2, -0.15) is 5.26 Å². The van der Waals surface area contributed by atoms with Crippen LogP contribution < -0.4 is 4.90 Å². The molecule has 1 saturated carbocycles. The van der Waals surface area contributed by atoms with Crippen molar-refractivity contribution in [2.45, 2.75) is 38.0 Å². The molecular formula is C18H22N4O2. The lowest BCUT2D eigenvalue weighted by Gasteiger charge is -2.35. The molecule has 1 saturated heterocycles. The van der Waals surface area contributed by atoms with Gasteiger partial charge in [-0.3, -0.25) is 4.79 Å². The third-order valence-electron chi connectivity index (χ3n) is 5.13. The Morgan fingerprint density at radius 1 is 1.29 bits per heavy atom. The molecule has 3 aliphatic rings. The summed E-state index contributed by atoms with van der Waals surface area (Å²) >= 11 is 0. The van der Waals surface area contributed by atoms with Gasteiger partial charge in [-0.25, -0.2) is 4.98 Å². The topological polar surface area (TPSA) is 73.4 Å². The van der Waals surface area contributed by atoms with Crippen molar-refractivity contribution in [3.63, 3.8) is 0 Å². The number of amides is 1. The number of aromatic nitrogens is 1. The molecule has 0 N–H and O–H groups in total. The molecule has 2 fully saturated rings. The summed E-state index contributed by atoms with van der Waals surface area (Å²) in [5.41, 5.74) is 0.382. The second-order valence-electron chi connectivity index (χ2n) is 6.93. The van der Waals surface area contributed by atoms with Gasteiger partial charge in [0, 0.05) is 38.5 Å². The predicted octanol–water partition coefficient (Wildman–Crippen LogP) is 2.43. The predicted molar refractivity (Wildman–Crippen MR) is 88.5 cm³/mol. The van der Waals surface area contributed by atoms with Crippen LogP contribution >= 0.6 is 0 Å². The highest BCUT2D eigenvalue weighted by atomic mass is 16.4. The van der Waals surface area contributed by atoms with Gasteiger partial charge in [-0.1, -0.05) is 12.2 Å². The first-order valence-electron chi connectivity index (χ1n) is 8.85. The maximum absolute atomic E-state index is 12.4. The number of allylic oxidation sites excluding steroid dienone is 2. The molecule has 1 amide bonds. The SMILES string of the molecule is N#Cc1nc(C2CC2)oc1N1CCN(C(=O)C[C@@H]2C=CCC2)CC1. The summed E-state index contributed by atoms with van der Waals surface area (Å²) in [5.74, 6) is 2.34. The lowest BCUT2D eigenvalue weighted by molar-refractivity contribution is -0.132. The van der Waals surface area contributed by atoms with E-state index in [1.54, 1.807) is 0 Å². The number of anilines is 1. The number of nitrogens with zero attached hydrogens (tertiary/aromatic N) is 4. The van der Waals surface area contributed by atoms with Crippen molar-refractivity contribution in [2.24, 2.45) is 5.92 Å². The maximum atomic E-state index is 12.4. The van der Waals surface area contributed by atoms with Crippen LogP contribution in [0.4, 0.5) is 5.88 Å². The van der Waals surface area contributed by atoms with E-state index in [2.05, 4.69) is 28.1 Å². The molecule has 126 valence electrons. The molecule has 0 radical (unpaired) electrons. The van der Waals surface area contributed by atoms with Gasteiger partial charge in [0.2, 0.25) is 23.4 Å². The fourth-order valence-corrected chi connectivity index (χ4v) is 3.50. The van der Waals surface area contributed by atoms with Crippen LogP contribution in [0.1, 0.15) is 49.6 Å². The lowest BCUT2D eigenvalue weighted by Crippen LogP contribution is -2.49. The number of piperazine rings is 1. The molecule has 24 heavy (non-hydrogen) atoms. The molecule has 0 unspecified atom stereocenters. The van der Waals surface area contributed by atoms with E-state index in [-0.39, 0.29) is 5.91 Å². The zero-order valence-corrected chi connectivity index (χ0v) is 13.8. The Labute approximate surface area is 141 Å². The molecule has 1 aromatic heterocycles. The molecular weight excluding hydrogens is 304 g/mol. The molecule has 0 spiro atoms. The number of carbonyl (C=O) groups excluding carboxylic acids is 1. The Hall–Kier alpha value is -2.29. The van der Waals surface area contributed by atoms with Gasteiger partial charge in [0.15, 0.2) is 0 Å². The summed E-state index contributed by atoms with van der Waals surface area (Å²) in [4.78, 5) is 20.7. The molecule has 0 aromatic carbocycles. The smallest absolute Gasteiger partial charge is 0.234 e. The van der Waals surface area contributed by atoms with E-state index < -0.39 is 0 Å². The Morgan fingerprint density at radius 2 is 2.08 bits per heavy atom. The monoisotopic (exact) mass is 326 g/mol. The minimum Gasteiger partial charge on any atom is -0.423 e. The van der Waals surface area contributed by atoms with Gasteiger partial charge < -0.3 is 14.2 Å². The fourth-order valence-electron chi connectivity index (χ4n) is 3.50. The normalized spacial score (nSPS) is 23.5. The van der Waals surface area contributed by atoms with Crippen molar-refractivity contribution in [3.05, 3.63) is 23.7 Å². The highest BCUT2D eigenvalue weighted by Crippen LogP contribution is 2.41. The highest BCUT2D eigenvalue weighted by Gasteiger charge is 2.33. The van der Waals surface area contributed by atoms with E-state index >= 15 is 0 Å². The molecule has 2 aliphatic carbocycles. The molecule has 4 rings (SSSR count). The van der Waals surface area contributed by atoms with Gasteiger partial charge >= 0.3 is 0 Å². The summed E-state index contributed by atoms with van der Waals surface area (Å²) in [6, 6.07) is 2.14. The van der Waals surface area contributed by atoms with Crippen molar-refractivity contribution < 1.29 is 9.21 Å². The molecule has 0 bridgehead atoms. The number of oxazole rings is 1. The van der Waals surface area contributed by atoms with Crippen LogP contribution in [0.2, 0.25) is 0 Å². The van der Waals surface area contributed by atoms with Crippen LogP contribution in [0, 0.1) is 17.2 Å². The summed E-state index contributed by atoms with van der Waals surface area (Å²) in [6.07, 6.45) is 9.35. The number of nitriles is 1. The highest BCUT2D eigenvalue weighted by molar-refractivity contribution is 5.77. The van der Waals surface area contributed by atoms with Gasteiger partial charge in [0.05, 0.1) is 0 Å². The Bertz CT molecular complexity index is 690. The minimum atomic E-state index is 0.239. The van der Waals surface area contributed by atoms with E-state index in [9.17, 15) is 10.1 Å². The third kappa shape index (κ3) is 3.03. The van der Waals surface area contributed by atoms with Crippen LogP contribution in [-0.4, -0.2) is 42.0 Å². The number of carbonyl (C=O) groups is 1. The molecule has 1 aliphatic heterocycles. The molecule has 1 atom stereocenters. The average Bonchev–Trinajstić information content (AvgIpc) is 3.17. The van der Waals surface area contributed by atoms with E-state index in [1.807, 2.05) is 4.90 Å². The van der Waals surface area contributed by atoms with Crippen molar-refractivity contribution in [1.82, 2.24) is 9.88 Å². The minimum absolute atomic E-state index is 0.239. The summed E-state index contributed by atoms with van der Waals surface area (Å²) in [5, 5.41) is 9.29. The zero-order valence-electron chi connectivity index (χ0n) is 13.8. The molecule has 2 heterocycles. The van der Waals surface area contributed by atoms with Crippen molar-refractivity contribution in [3.8, 4) is 6.07 Å². The quantitative estimate of drug-likeness (QED) is 0.795. The Kier molecular flexibility index (Phi) is 4.01. The Morgan fingerprint density at radius 3 is 2.71 bits per heavy atom. The van der Waals surface area contributed by atoms with E-state index in [0.29, 0.717) is 61.9 Å². The second kappa shape index (κ2) is 6.31. The van der Waals surface area contributed by atoms with E-state index in [0.717, 1.165) is 25.7 Å². The van der Waals surface area contributed by atoms with Crippen LogP contribution in [0.3, 0.4) is 0 Å². The van der Waals surface area contributed by atoms with Crippen LogP contribution in [0.15, 0.2) is 16.6 Å². The van der Waals surface area contributed by atoms with Crippen LogP contribution in [0.25, 0.3) is 0 Å². The van der Waals surface area contributed by atoms with Crippen molar-refractivity contribution in [1.29, 1.82) is 5.26 Å². The van der Waals surface area contributed by atoms with Crippen LogP contribution in [0.5, 0.6) is 0 Å². The molecule has 6 heteroatoms. The number of rotatable bonds is 4. The van der Waals surface area contributed by atoms with Crippen molar-refractivity contribution in [2.75, 3.05) is 31.1 Å². The number of hydrogen-bond acceptors (Lipinski definition) is 5.